The van der Waals surface area contributed by atoms with Gasteiger partial charge in [0, 0.05) is 18.2 Å². The first-order chi connectivity index (χ1) is 9.71. The van der Waals surface area contributed by atoms with Crippen LogP contribution in [0, 0.1) is 0 Å². The Morgan fingerprint density at radius 1 is 1.29 bits per heavy atom. The van der Waals surface area contributed by atoms with Crippen molar-refractivity contribution in [3.05, 3.63) is 23.2 Å². The molecule has 5 nitrogen and oxygen atoms in total. The average molecular weight is 314 g/mol. The lowest BCUT2D eigenvalue weighted by Crippen LogP contribution is -2.27. The summed E-state index contributed by atoms with van der Waals surface area (Å²) in [6.07, 6.45) is 0.405. The van der Waals surface area contributed by atoms with Gasteiger partial charge in [0.1, 0.15) is 5.60 Å². The number of nitrogens with one attached hydrogen (secondary N) is 1. The smallest absolute Gasteiger partial charge is 0.412 e. The van der Waals surface area contributed by atoms with Crippen LogP contribution >= 0.6 is 11.6 Å². The van der Waals surface area contributed by atoms with Crippen molar-refractivity contribution in [3.8, 4) is 5.75 Å². The van der Waals surface area contributed by atoms with E-state index in [9.17, 15) is 9.59 Å². The zero-order valence-electron chi connectivity index (χ0n) is 12.7. The highest BCUT2D eigenvalue weighted by Crippen LogP contribution is 2.28. The van der Waals surface area contributed by atoms with Gasteiger partial charge in [0.2, 0.25) is 0 Å². The number of ether oxygens (including phenoxy) is 2. The van der Waals surface area contributed by atoms with Crippen molar-refractivity contribution in [1.82, 2.24) is 0 Å². The van der Waals surface area contributed by atoms with Crippen molar-refractivity contribution in [1.29, 1.82) is 0 Å². The van der Waals surface area contributed by atoms with E-state index in [1.165, 1.54) is 6.07 Å². The average Bonchev–Trinajstić information content (AvgIpc) is 2.31. The minimum absolute atomic E-state index is 0.212. The molecule has 1 N–H and O–H groups in total. The van der Waals surface area contributed by atoms with Crippen LogP contribution in [0.25, 0.3) is 0 Å². The number of amides is 1. The molecule has 0 radical (unpaired) electrons. The Morgan fingerprint density at radius 2 is 1.95 bits per heavy atom. The molecule has 0 bridgehead atoms. The van der Waals surface area contributed by atoms with Crippen LogP contribution in [0.4, 0.5) is 10.5 Å². The van der Waals surface area contributed by atoms with Crippen LogP contribution in [-0.4, -0.2) is 17.7 Å². The molecule has 116 valence electrons. The van der Waals surface area contributed by atoms with E-state index in [1.54, 1.807) is 32.9 Å². The van der Waals surface area contributed by atoms with Gasteiger partial charge < -0.3 is 9.47 Å². The Bertz CT molecular complexity index is 523. The van der Waals surface area contributed by atoms with Crippen LogP contribution in [0.3, 0.4) is 0 Å². The molecule has 6 heteroatoms. The van der Waals surface area contributed by atoms with Crippen molar-refractivity contribution in [2.45, 2.75) is 46.1 Å². The topological polar surface area (TPSA) is 64.6 Å². The Morgan fingerprint density at radius 3 is 2.52 bits per heavy atom. The lowest BCUT2D eigenvalue weighted by Gasteiger charge is -2.19. The van der Waals surface area contributed by atoms with Crippen LogP contribution in [0.2, 0.25) is 5.02 Å². The van der Waals surface area contributed by atoms with Crippen LogP contribution in [0.5, 0.6) is 5.75 Å². The SMILES string of the molecule is CCCC(=O)Oc1cc(NC(=O)OC(C)(C)C)ccc1Cl. The molecular formula is C15H20ClNO4. The Labute approximate surface area is 129 Å². The maximum Gasteiger partial charge on any atom is 0.412 e. The zero-order chi connectivity index (χ0) is 16.0. The number of halogens is 1. The number of rotatable bonds is 4. The normalized spacial score (nSPS) is 10.9. The van der Waals surface area contributed by atoms with Gasteiger partial charge >= 0.3 is 12.1 Å². The number of hydrogen-bond donors (Lipinski definition) is 1. The van der Waals surface area contributed by atoms with Gasteiger partial charge in [-0.3, -0.25) is 10.1 Å². The number of benzene rings is 1. The number of anilines is 1. The lowest BCUT2D eigenvalue weighted by molar-refractivity contribution is -0.134. The molecule has 1 aromatic rings. The van der Waals surface area contributed by atoms with E-state index in [-0.39, 0.29) is 11.7 Å². The summed E-state index contributed by atoms with van der Waals surface area (Å²) in [6.45, 7) is 7.19. The Hall–Kier alpha value is -1.75. The van der Waals surface area contributed by atoms with Crippen LogP contribution < -0.4 is 10.1 Å². The molecule has 0 aliphatic carbocycles. The second-order valence-electron chi connectivity index (χ2n) is 5.50. The third-order valence-electron chi connectivity index (χ3n) is 2.25. The summed E-state index contributed by atoms with van der Waals surface area (Å²) in [4.78, 5) is 23.2. The summed E-state index contributed by atoms with van der Waals surface area (Å²) in [5, 5.41) is 2.86. The predicted octanol–water partition coefficient (Wildman–Crippen LogP) is 4.39. The van der Waals surface area contributed by atoms with Crippen LogP contribution in [0.15, 0.2) is 18.2 Å². The fourth-order valence-corrected chi connectivity index (χ4v) is 1.61. The van der Waals surface area contributed by atoms with Crippen molar-refractivity contribution in [3.63, 3.8) is 0 Å². The van der Waals surface area contributed by atoms with E-state index in [0.29, 0.717) is 23.6 Å². The van der Waals surface area contributed by atoms with Crippen LogP contribution in [0.1, 0.15) is 40.5 Å². The number of carbonyl (C=O) groups excluding carboxylic acids is 2. The van der Waals surface area contributed by atoms with Gasteiger partial charge in [-0.1, -0.05) is 18.5 Å². The molecule has 21 heavy (non-hydrogen) atoms. The van der Waals surface area contributed by atoms with Crippen molar-refractivity contribution >= 4 is 29.4 Å². The second-order valence-corrected chi connectivity index (χ2v) is 5.90. The number of carbonyl (C=O) groups is 2. The zero-order valence-corrected chi connectivity index (χ0v) is 13.4. The summed E-state index contributed by atoms with van der Waals surface area (Å²) >= 11 is 5.96. The highest BCUT2D eigenvalue weighted by molar-refractivity contribution is 6.32. The third-order valence-corrected chi connectivity index (χ3v) is 2.57. The molecule has 0 fully saturated rings. The molecule has 0 spiro atoms. The van der Waals surface area contributed by atoms with E-state index in [2.05, 4.69) is 5.32 Å². The minimum atomic E-state index is -0.590. The summed E-state index contributed by atoms with van der Waals surface area (Å²) in [7, 11) is 0. The molecule has 0 unspecified atom stereocenters. The van der Waals surface area contributed by atoms with Gasteiger partial charge in [0.05, 0.1) is 5.02 Å². The maximum absolute atomic E-state index is 11.7. The lowest BCUT2D eigenvalue weighted by atomic mass is 10.2. The highest BCUT2D eigenvalue weighted by atomic mass is 35.5. The van der Waals surface area contributed by atoms with Gasteiger partial charge in [0.25, 0.3) is 0 Å². The van der Waals surface area contributed by atoms with Gasteiger partial charge in [-0.2, -0.15) is 0 Å². The van der Waals surface area contributed by atoms with Crippen molar-refractivity contribution in [2.75, 3.05) is 5.32 Å². The molecule has 1 rings (SSSR count). The van der Waals surface area contributed by atoms with Gasteiger partial charge in [-0.15, -0.1) is 0 Å². The number of esters is 1. The van der Waals surface area contributed by atoms with E-state index >= 15 is 0 Å². The second kappa shape index (κ2) is 7.31. The van der Waals surface area contributed by atoms with Gasteiger partial charge in [-0.25, -0.2) is 4.79 Å². The fourth-order valence-electron chi connectivity index (χ4n) is 1.46. The predicted molar refractivity (Wildman–Crippen MR) is 81.9 cm³/mol. The summed E-state index contributed by atoms with van der Waals surface area (Å²) in [5.74, 6) is -0.155. The molecular weight excluding hydrogens is 294 g/mol. The highest BCUT2D eigenvalue weighted by Gasteiger charge is 2.17. The first-order valence-electron chi connectivity index (χ1n) is 6.71. The molecule has 0 atom stereocenters. The Balaban J connectivity index is 2.77. The van der Waals surface area contributed by atoms with Crippen molar-refractivity contribution in [2.24, 2.45) is 0 Å². The number of hydrogen-bond acceptors (Lipinski definition) is 4. The molecule has 0 aliphatic heterocycles. The monoisotopic (exact) mass is 313 g/mol. The maximum atomic E-state index is 11.7. The van der Waals surface area contributed by atoms with E-state index in [4.69, 9.17) is 21.1 Å². The van der Waals surface area contributed by atoms with E-state index < -0.39 is 11.7 Å². The fraction of sp³-hybridized carbons (Fsp3) is 0.467. The largest absolute Gasteiger partial charge is 0.444 e. The molecule has 0 aromatic heterocycles. The summed E-state index contributed by atoms with van der Waals surface area (Å²) in [5.41, 5.74) is -0.152. The summed E-state index contributed by atoms with van der Waals surface area (Å²) in [6, 6.07) is 4.63. The first-order valence-corrected chi connectivity index (χ1v) is 7.09. The molecule has 0 saturated carbocycles. The minimum Gasteiger partial charge on any atom is -0.444 e. The molecule has 0 saturated heterocycles. The first kappa shape index (κ1) is 17.3. The Kier molecular flexibility index (Phi) is 6.03. The van der Waals surface area contributed by atoms with Gasteiger partial charge in [0.15, 0.2) is 5.75 Å². The molecule has 1 aromatic carbocycles. The van der Waals surface area contributed by atoms with Gasteiger partial charge in [-0.05, 0) is 39.3 Å². The van der Waals surface area contributed by atoms with Crippen molar-refractivity contribution < 1.29 is 19.1 Å². The quantitative estimate of drug-likeness (QED) is 0.661. The summed E-state index contributed by atoms with van der Waals surface area (Å²) < 4.78 is 10.3. The molecule has 1 amide bonds. The molecule has 0 heterocycles. The standard InChI is InChI=1S/C15H20ClNO4/c1-5-6-13(18)20-12-9-10(7-8-11(12)16)17-14(19)21-15(2,3)4/h7-9H,5-6H2,1-4H3,(H,17,19). The van der Waals surface area contributed by atoms with E-state index in [0.717, 1.165) is 0 Å². The van der Waals surface area contributed by atoms with E-state index in [1.807, 2.05) is 6.92 Å². The molecule has 0 aliphatic rings. The van der Waals surface area contributed by atoms with Crippen LogP contribution in [-0.2, 0) is 9.53 Å². The third kappa shape index (κ3) is 6.49.